The summed E-state index contributed by atoms with van der Waals surface area (Å²) in [6.07, 6.45) is 0.713. The van der Waals surface area contributed by atoms with Gasteiger partial charge in [-0.3, -0.25) is 0 Å². The van der Waals surface area contributed by atoms with E-state index in [2.05, 4.69) is 0 Å². The molecule has 0 bridgehead atoms. The Morgan fingerprint density at radius 2 is 2.26 bits per heavy atom. The second-order valence-electron chi connectivity index (χ2n) is 4.50. The van der Waals surface area contributed by atoms with Gasteiger partial charge < -0.3 is 10.5 Å². The summed E-state index contributed by atoms with van der Waals surface area (Å²) in [5, 5.41) is 0.375. The van der Waals surface area contributed by atoms with Crippen molar-refractivity contribution < 1.29 is 13.2 Å². The quantitative estimate of drug-likeness (QED) is 0.907. The van der Waals surface area contributed by atoms with E-state index in [4.69, 9.17) is 22.1 Å². The topological polar surface area (TPSA) is 72.6 Å². The van der Waals surface area contributed by atoms with Crippen molar-refractivity contribution >= 4 is 21.6 Å². The number of sulfonamides is 1. The van der Waals surface area contributed by atoms with E-state index in [1.807, 2.05) is 0 Å². The van der Waals surface area contributed by atoms with Gasteiger partial charge in [-0.15, -0.1) is 0 Å². The largest absolute Gasteiger partial charge is 0.380 e. The Labute approximate surface area is 118 Å². The van der Waals surface area contributed by atoms with E-state index < -0.39 is 10.0 Å². The summed E-state index contributed by atoms with van der Waals surface area (Å²) < 4.78 is 31.5. The maximum absolute atomic E-state index is 12.5. The number of hydrogen-bond donors (Lipinski definition) is 1. The van der Waals surface area contributed by atoms with Crippen molar-refractivity contribution in [2.75, 3.05) is 20.3 Å². The van der Waals surface area contributed by atoms with Crippen LogP contribution in [0.15, 0.2) is 23.1 Å². The smallest absolute Gasteiger partial charge is 0.243 e. The zero-order valence-corrected chi connectivity index (χ0v) is 12.2. The number of ether oxygens (including phenoxy) is 1. The molecule has 1 aliphatic rings. The first kappa shape index (κ1) is 14.7. The van der Waals surface area contributed by atoms with Gasteiger partial charge in [-0.2, -0.15) is 4.31 Å². The molecule has 2 rings (SSSR count). The summed E-state index contributed by atoms with van der Waals surface area (Å²) in [5.41, 5.74) is 6.24. The molecule has 1 fully saturated rings. The Kier molecular flexibility index (Phi) is 4.47. The van der Waals surface area contributed by atoms with Crippen LogP contribution in [0.4, 0.5) is 0 Å². The minimum Gasteiger partial charge on any atom is -0.380 e. The van der Waals surface area contributed by atoms with E-state index in [0.717, 1.165) is 5.56 Å². The fourth-order valence-corrected chi connectivity index (χ4v) is 3.75. The van der Waals surface area contributed by atoms with Gasteiger partial charge in [-0.05, 0) is 24.1 Å². The Balaban J connectivity index is 2.30. The molecule has 1 unspecified atom stereocenters. The van der Waals surface area contributed by atoms with Gasteiger partial charge in [0.25, 0.3) is 0 Å². The minimum atomic E-state index is -3.54. The van der Waals surface area contributed by atoms with E-state index >= 15 is 0 Å². The molecule has 106 valence electrons. The van der Waals surface area contributed by atoms with E-state index in [1.54, 1.807) is 13.1 Å². The molecular formula is C12H17ClN2O3S. The van der Waals surface area contributed by atoms with Gasteiger partial charge in [0.05, 0.1) is 17.5 Å². The molecule has 2 N–H and O–H groups in total. The summed E-state index contributed by atoms with van der Waals surface area (Å²) in [5.74, 6) is 0. The number of hydrogen-bond acceptors (Lipinski definition) is 4. The lowest BCUT2D eigenvalue weighted by Crippen LogP contribution is -2.37. The van der Waals surface area contributed by atoms with Gasteiger partial charge >= 0.3 is 0 Å². The maximum Gasteiger partial charge on any atom is 0.243 e. The molecule has 1 saturated heterocycles. The van der Waals surface area contributed by atoms with Gasteiger partial charge in [0, 0.05) is 25.2 Å². The Hall–Kier alpha value is -0.660. The first-order valence-electron chi connectivity index (χ1n) is 6.01. The SMILES string of the molecule is CN(C1CCOC1)S(=O)(=O)c1ccc(CN)c(Cl)c1. The third-order valence-corrected chi connectivity index (χ3v) is 5.60. The molecule has 0 spiro atoms. The number of likely N-dealkylation sites (N-methyl/N-ethyl adjacent to an activating group) is 1. The summed E-state index contributed by atoms with van der Waals surface area (Å²) in [7, 11) is -1.97. The molecule has 1 aromatic rings. The third-order valence-electron chi connectivity index (χ3n) is 3.34. The van der Waals surface area contributed by atoms with Crippen LogP contribution in [-0.4, -0.2) is 39.0 Å². The van der Waals surface area contributed by atoms with Crippen molar-refractivity contribution in [3.05, 3.63) is 28.8 Å². The second kappa shape index (κ2) is 5.76. The van der Waals surface area contributed by atoms with Crippen molar-refractivity contribution in [2.45, 2.75) is 23.9 Å². The number of rotatable bonds is 4. The average molecular weight is 305 g/mol. The standard InChI is InChI=1S/C12H17ClN2O3S/c1-15(10-4-5-18-8-10)19(16,17)11-3-2-9(7-14)12(13)6-11/h2-3,6,10H,4-5,7-8,14H2,1H3. The molecule has 5 nitrogen and oxygen atoms in total. The Bertz CT molecular complexity index is 556. The van der Waals surface area contributed by atoms with E-state index in [9.17, 15) is 8.42 Å². The highest BCUT2D eigenvalue weighted by Gasteiger charge is 2.30. The maximum atomic E-state index is 12.5. The van der Waals surface area contributed by atoms with Gasteiger partial charge in [0.2, 0.25) is 10.0 Å². The number of nitrogens with two attached hydrogens (primary N) is 1. The van der Waals surface area contributed by atoms with Gasteiger partial charge in [-0.25, -0.2) is 8.42 Å². The van der Waals surface area contributed by atoms with Crippen LogP contribution in [0, 0.1) is 0 Å². The van der Waals surface area contributed by atoms with Gasteiger partial charge in [0.15, 0.2) is 0 Å². The lowest BCUT2D eigenvalue weighted by molar-refractivity contribution is 0.181. The lowest BCUT2D eigenvalue weighted by atomic mass is 10.2. The Morgan fingerprint density at radius 3 is 2.79 bits per heavy atom. The predicted octanol–water partition coefficient (Wildman–Crippen LogP) is 1.21. The molecule has 1 aromatic carbocycles. The molecule has 1 atom stereocenters. The first-order valence-corrected chi connectivity index (χ1v) is 7.83. The van der Waals surface area contributed by atoms with Crippen molar-refractivity contribution in [2.24, 2.45) is 5.73 Å². The predicted molar refractivity (Wildman–Crippen MR) is 73.5 cm³/mol. The van der Waals surface area contributed by atoms with Gasteiger partial charge in [0.1, 0.15) is 0 Å². The summed E-state index contributed by atoms with van der Waals surface area (Å²) in [6.45, 7) is 1.31. The third kappa shape index (κ3) is 2.93. The molecule has 0 amide bonds. The fraction of sp³-hybridized carbons (Fsp3) is 0.500. The van der Waals surface area contributed by atoms with Crippen molar-refractivity contribution in [3.8, 4) is 0 Å². The minimum absolute atomic E-state index is 0.113. The highest BCUT2D eigenvalue weighted by Crippen LogP contribution is 2.25. The molecule has 19 heavy (non-hydrogen) atoms. The second-order valence-corrected chi connectivity index (χ2v) is 6.90. The lowest BCUT2D eigenvalue weighted by Gasteiger charge is -2.22. The summed E-state index contributed by atoms with van der Waals surface area (Å²) >= 11 is 6.01. The van der Waals surface area contributed by atoms with Gasteiger partial charge in [-0.1, -0.05) is 17.7 Å². The van der Waals surface area contributed by atoms with E-state index in [-0.39, 0.29) is 17.5 Å². The molecular weight excluding hydrogens is 288 g/mol. The van der Waals surface area contributed by atoms with E-state index in [1.165, 1.54) is 16.4 Å². The zero-order valence-electron chi connectivity index (χ0n) is 10.7. The zero-order chi connectivity index (χ0) is 14.0. The van der Waals surface area contributed by atoms with Crippen LogP contribution in [-0.2, 0) is 21.3 Å². The van der Waals surface area contributed by atoms with Crippen molar-refractivity contribution in [1.29, 1.82) is 0 Å². The highest BCUT2D eigenvalue weighted by molar-refractivity contribution is 7.89. The number of halogens is 1. The molecule has 1 aliphatic heterocycles. The first-order chi connectivity index (χ1) is 8.96. The molecule has 0 aromatic heterocycles. The van der Waals surface area contributed by atoms with Crippen LogP contribution >= 0.6 is 11.6 Å². The summed E-state index contributed by atoms with van der Waals surface area (Å²) in [6, 6.07) is 4.52. The van der Waals surface area contributed by atoms with Crippen molar-refractivity contribution in [3.63, 3.8) is 0 Å². The Morgan fingerprint density at radius 1 is 1.53 bits per heavy atom. The fourth-order valence-electron chi connectivity index (χ4n) is 2.03. The normalized spacial score (nSPS) is 20.1. The highest BCUT2D eigenvalue weighted by atomic mass is 35.5. The van der Waals surface area contributed by atoms with Crippen LogP contribution in [0.2, 0.25) is 5.02 Å². The molecule has 7 heteroatoms. The molecule has 1 heterocycles. The van der Waals surface area contributed by atoms with Crippen molar-refractivity contribution in [1.82, 2.24) is 4.31 Å². The molecule has 0 saturated carbocycles. The average Bonchev–Trinajstić information content (AvgIpc) is 2.91. The van der Waals surface area contributed by atoms with Crippen LogP contribution in [0.25, 0.3) is 0 Å². The number of nitrogens with zero attached hydrogens (tertiary/aromatic N) is 1. The summed E-state index contributed by atoms with van der Waals surface area (Å²) in [4.78, 5) is 0.184. The van der Waals surface area contributed by atoms with Crippen LogP contribution in [0.1, 0.15) is 12.0 Å². The van der Waals surface area contributed by atoms with Crippen LogP contribution in [0.5, 0.6) is 0 Å². The molecule has 0 radical (unpaired) electrons. The van der Waals surface area contributed by atoms with Crippen LogP contribution < -0.4 is 5.73 Å². The molecule has 0 aliphatic carbocycles. The monoisotopic (exact) mass is 304 g/mol. The van der Waals surface area contributed by atoms with Crippen LogP contribution in [0.3, 0.4) is 0 Å². The van der Waals surface area contributed by atoms with E-state index in [0.29, 0.717) is 24.7 Å². The number of benzene rings is 1.